The van der Waals surface area contributed by atoms with Crippen LogP contribution in [0.2, 0.25) is 0 Å². The van der Waals surface area contributed by atoms with E-state index in [1.807, 2.05) is 0 Å². The van der Waals surface area contributed by atoms with Gasteiger partial charge in [0.1, 0.15) is 0 Å². The molecule has 0 aromatic heterocycles. The SMILES string of the molecule is O=C(Cc1cccc(C(F)(F)F)c1)N1CCC(N2CCNCC2)C1. The van der Waals surface area contributed by atoms with Crippen molar-refractivity contribution in [2.24, 2.45) is 0 Å². The summed E-state index contributed by atoms with van der Waals surface area (Å²) in [5.74, 6) is -0.0908. The summed E-state index contributed by atoms with van der Waals surface area (Å²) in [7, 11) is 0. The molecule has 2 fully saturated rings. The van der Waals surface area contributed by atoms with Crippen molar-refractivity contribution in [3.8, 4) is 0 Å². The second kappa shape index (κ2) is 7.11. The van der Waals surface area contributed by atoms with Crippen LogP contribution in [0.4, 0.5) is 13.2 Å². The first-order valence-corrected chi connectivity index (χ1v) is 8.32. The van der Waals surface area contributed by atoms with E-state index >= 15 is 0 Å². The molecular weight excluding hydrogens is 319 g/mol. The molecule has 3 rings (SSSR count). The van der Waals surface area contributed by atoms with E-state index in [4.69, 9.17) is 0 Å². The third-order valence-corrected chi connectivity index (χ3v) is 4.79. The molecule has 0 bridgehead atoms. The first kappa shape index (κ1) is 17.2. The lowest BCUT2D eigenvalue weighted by atomic mass is 10.1. The molecule has 1 atom stereocenters. The van der Waals surface area contributed by atoms with Gasteiger partial charge in [0.15, 0.2) is 0 Å². The molecule has 0 aliphatic carbocycles. The topological polar surface area (TPSA) is 35.6 Å². The summed E-state index contributed by atoms with van der Waals surface area (Å²) in [4.78, 5) is 16.6. The molecule has 132 valence electrons. The maximum atomic E-state index is 12.8. The van der Waals surface area contributed by atoms with E-state index in [1.165, 1.54) is 6.07 Å². The first-order chi connectivity index (χ1) is 11.4. The van der Waals surface area contributed by atoms with Gasteiger partial charge in [-0.25, -0.2) is 0 Å². The zero-order valence-electron chi connectivity index (χ0n) is 13.5. The smallest absolute Gasteiger partial charge is 0.341 e. The fourth-order valence-electron chi connectivity index (χ4n) is 3.46. The van der Waals surface area contributed by atoms with Crippen LogP contribution in [-0.2, 0) is 17.4 Å². The van der Waals surface area contributed by atoms with E-state index in [1.54, 1.807) is 11.0 Å². The van der Waals surface area contributed by atoms with Gasteiger partial charge in [0.05, 0.1) is 12.0 Å². The lowest BCUT2D eigenvalue weighted by Crippen LogP contribution is -2.49. The van der Waals surface area contributed by atoms with E-state index in [0.29, 0.717) is 24.7 Å². The highest BCUT2D eigenvalue weighted by Gasteiger charge is 2.32. The van der Waals surface area contributed by atoms with Gasteiger partial charge >= 0.3 is 6.18 Å². The Morgan fingerprint density at radius 1 is 1.21 bits per heavy atom. The predicted molar refractivity (Wildman–Crippen MR) is 84.6 cm³/mol. The summed E-state index contributed by atoms with van der Waals surface area (Å²) in [6.45, 7) is 5.27. The minimum atomic E-state index is -4.37. The number of amides is 1. The summed E-state index contributed by atoms with van der Waals surface area (Å²) in [6.07, 6.45) is -3.41. The van der Waals surface area contributed by atoms with Crippen LogP contribution < -0.4 is 5.32 Å². The van der Waals surface area contributed by atoms with Crippen molar-refractivity contribution in [2.45, 2.75) is 25.1 Å². The Morgan fingerprint density at radius 2 is 1.96 bits per heavy atom. The minimum Gasteiger partial charge on any atom is -0.341 e. The van der Waals surface area contributed by atoms with Crippen LogP contribution >= 0.6 is 0 Å². The van der Waals surface area contributed by atoms with Gasteiger partial charge in [-0.3, -0.25) is 9.69 Å². The molecule has 0 radical (unpaired) electrons. The zero-order valence-corrected chi connectivity index (χ0v) is 13.5. The van der Waals surface area contributed by atoms with Crippen LogP contribution in [0.25, 0.3) is 0 Å². The maximum Gasteiger partial charge on any atom is 0.416 e. The predicted octanol–water partition coefficient (Wildman–Crippen LogP) is 1.75. The number of nitrogens with one attached hydrogen (secondary N) is 1. The van der Waals surface area contributed by atoms with Gasteiger partial charge in [0, 0.05) is 45.3 Å². The van der Waals surface area contributed by atoms with Crippen molar-refractivity contribution >= 4 is 5.91 Å². The largest absolute Gasteiger partial charge is 0.416 e. The Balaban J connectivity index is 1.58. The van der Waals surface area contributed by atoms with E-state index in [2.05, 4.69) is 10.2 Å². The van der Waals surface area contributed by atoms with Crippen molar-refractivity contribution < 1.29 is 18.0 Å². The molecule has 1 aromatic carbocycles. The van der Waals surface area contributed by atoms with Crippen LogP contribution in [0.15, 0.2) is 24.3 Å². The number of halogens is 3. The van der Waals surface area contributed by atoms with Crippen LogP contribution in [0.1, 0.15) is 17.5 Å². The summed E-state index contributed by atoms with van der Waals surface area (Å²) in [6, 6.07) is 5.42. The molecule has 1 aromatic rings. The number of benzene rings is 1. The number of carbonyl (C=O) groups is 1. The quantitative estimate of drug-likeness (QED) is 0.910. The molecule has 2 aliphatic heterocycles. The van der Waals surface area contributed by atoms with E-state index < -0.39 is 11.7 Å². The molecule has 0 saturated carbocycles. The molecule has 4 nitrogen and oxygen atoms in total. The van der Waals surface area contributed by atoms with Gasteiger partial charge in [0.25, 0.3) is 0 Å². The van der Waals surface area contributed by atoms with E-state index in [9.17, 15) is 18.0 Å². The van der Waals surface area contributed by atoms with Crippen molar-refractivity contribution in [3.05, 3.63) is 35.4 Å². The van der Waals surface area contributed by atoms with E-state index in [-0.39, 0.29) is 12.3 Å². The van der Waals surface area contributed by atoms with Crippen LogP contribution in [-0.4, -0.2) is 61.0 Å². The van der Waals surface area contributed by atoms with Gasteiger partial charge in [-0.1, -0.05) is 18.2 Å². The highest BCUT2D eigenvalue weighted by molar-refractivity contribution is 5.79. The van der Waals surface area contributed by atoms with Crippen molar-refractivity contribution in [1.82, 2.24) is 15.1 Å². The van der Waals surface area contributed by atoms with Crippen molar-refractivity contribution in [3.63, 3.8) is 0 Å². The molecular formula is C17H22F3N3O. The molecule has 1 N–H and O–H groups in total. The van der Waals surface area contributed by atoms with Crippen molar-refractivity contribution in [2.75, 3.05) is 39.3 Å². The Kier molecular flexibility index (Phi) is 5.10. The Bertz CT molecular complexity index is 585. The number of rotatable bonds is 3. The maximum absolute atomic E-state index is 12.8. The van der Waals surface area contributed by atoms with Gasteiger partial charge < -0.3 is 10.2 Å². The van der Waals surface area contributed by atoms with Crippen LogP contribution in [0.3, 0.4) is 0 Å². The summed E-state index contributed by atoms with van der Waals surface area (Å²) >= 11 is 0. The molecule has 2 saturated heterocycles. The fraction of sp³-hybridized carbons (Fsp3) is 0.588. The Morgan fingerprint density at radius 3 is 2.67 bits per heavy atom. The lowest BCUT2D eigenvalue weighted by Gasteiger charge is -2.32. The molecule has 1 amide bonds. The molecule has 0 spiro atoms. The number of nitrogens with zero attached hydrogens (tertiary/aromatic N) is 2. The molecule has 2 heterocycles. The second-order valence-corrected chi connectivity index (χ2v) is 6.44. The molecule has 1 unspecified atom stereocenters. The van der Waals surface area contributed by atoms with Crippen LogP contribution in [0, 0.1) is 0 Å². The first-order valence-electron chi connectivity index (χ1n) is 8.32. The number of alkyl halides is 3. The molecule has 7 heteroatoms. The number of likely N-dealkylation sites (tertiary alicyclic amines) is 1. The highest BCUT2D eigenvalue weighted by Crippen LogP contribution is 2.29. The normalized spacial score (nSPS) is 22.8. The van der Waals surface area contributed by atoms with Crippen molar-refractivity contribution in [1.29, 1.82) is 0 Å². The minimum absolute atomic E-state index is 0.0260. The van der Waals surface area contributed by atoms with E-state index in [0.717, 1.165) is 44.7 Å². The average Bonchev–Trinajstić information content (AvgIpc) is 3.05. The lowest BCUT2D eigenvalue weighted by molar-refractivity contribution is -0.138. The van der Waals surface area contributed by atoms with Crippen LogP contribution in [0.5, 0.6) is 0 Å². The van der Waals surface area contributed by atoms with Gasteiger partial charge in [-0.05, 0) is 18.1 Å². The second-order valence-electron chi connectivity index (χ2n) is 6.44. The summed E-state index contributed by atoms with van der Waals surface area (Å²) in [5.41, 5.74) is -0.284. The fourth-order valence-corrected chi connectivity index (χ4v) is 3.46. The number of hydrogen-bond donors (Lipinski definition) is 1. The summed E-state index contributed by atoms with van der Waals surface area (Å²) < 4.78 is 38.3. The number of piperazine rings is 1. The Labute approximate surface area is 139 Å². The number of carbonyl (C=O) groups excluding carboxylic acids is 1. The van der Waals surface area contributed by atoms with Gasteiger partial charge in [-0.2, -0.15) is 13.2 Å². The molecule has 2 aliphatic rings. The Hall–Kier alpha value is -1.60. The standard InChI is InChI=1S/C17H22F3N3O/c18-17(19,20)14-3-1-2-13(10-14)11-16(24)23-7-4-15(12-23)22-8-5-21-6-9-22/h1-3,10,15,21H,4-9,11-12H2. The highest BCUT2D eigenvalue weighted by atomic mass is 19.4. The average molecular weight is 341 g/mol. The summed E-state index contributed by atoms with van der Waals surface area (Å²) in [5, 5.41) is 3.31. The van der Waals surface area contributed by atoms with Gasteiger partial charge in [0.2, 0.25) is 5.91 Å². The third-order valence-electron chi connectivity index (χ3n) is 4.79. The van der Waals surface area contributed by atoms with Gasteiger partial charge in [-0.15, -0.1) is 0 Å². The zero-order chi connectivity index (χ0) is 17.2. The third kappa shape index (κ3) is 4.08. The monoisotopic (exact) mass is 341 g/mol. The molecule has 24 heavy (non-hydrogen) atoms. The number of hydrogen-bond acceptors (Lipinski definition) is 3.